The summed E-state index contributed by atoms with van der Waals surface area (Å²) in [5, 5.41) is 2.62. The number of hydrogen-bond donors (Lipinski definition) is 1. The third kappa shape index (κ3) is 6.91. The zero-order valence-electron chi connectivity index (χ0n) is 18.0. The number of carbonyl (C=O) groups excluding carboxylic acids is 3. The number of benzene rings is 2. The molecule has 0 heterocycles. The first-order valence-electron chi connectivity index (χ1n) is 10.3. The second-order valence-corrected chi connectivity index (χ2v) is 6.98. The number of hydrogen-bond acceptors (Lipinski definition) is 5. The number of amides is 1. The van der Waals surface area contributed by atoms with Gasteiger partial charge in [0.1, 0.15) is 11.9 Å². The first-order valence-corrected chi connectivity index (χ1v) is 10.3. The highest BCUT2D eigenvalue weighted by Gasteiger charge is 2.26. The number of rotatable bonds is 10. The van der Waals surface area contributed by atoms with Gasteiger partial charge in [-0.3, -0.25) is 9.59 Å². The maximum Gasteiger partial charge on any atom is 0.328 e. The van der Waals surface area contributed by atoms with E-state index in [9.17, 15) is 18.8 Å². The minimum absolute atomic E-state index is 0.0353. The monoisotopic (exact) mass is 429 g/mol. The third-order valence-corrected chi connectivity index (χ3v) is 4.80. The van der Waals surface area contributed by atoms with Crippen LogP contribution in [0.1, 0.15) is 45.1 Å². The lowest BCUT2D eigenvalue weighted by molar-refractivity contribution is -0.149. The van der Waals surface area contributed by atoms with Crippen LogP contribution in [0.4, 0.5) is 4.39 Å². The lowest BCUT2D eigenvalue weighted by atomic mass is 9.96. The fourth-order valence-electron chi connectivity index (χ4n) is 3.09. The quantitative estimate of drug-likeness (QED) is 0.578. The molecule has 6 nitrogen and oxygen atoms in total. The SMILES string of the molecule is CCOC(=O)CC[C@H](NC(=O)C(C)c1ccc(-c2ccccc2)c(F)c1)C(=O)OCC. The van der Waals surface area contributed by atoms with Gasteiger partial charge in [0.15, 0.2) is 0 Å². The molecular formula is C24H28FNO5. The largest absolute Gasteiger partial charge is 0.466 e. The van der Waals surface area contributed by atoms with Crippen LogP contribution >= 0.6 is 0 Å². The number of nitrogens with one attached hydrogen (secondary N) is 1. The molecule has 1 amide bonds. The molecule has 0 aliphatic heterocycles. The molecule has 31 heavy (non-hydrogen) atoms. The highest BCUT2D eigenvalue weighted by Crippen LogP contribution is 2.26. The Morgan fingerprint density at radius 2 is 1.68 bits per heavy atom. The van der Waals surface area contributed by atoms with E-state index >= 15 is 0 Å². The van der Waals surface area contributed by atoms with E-state index in [0.29, 0.717) is 11.1 Å². The van der Waals surface area contributed by atoms with E-state index in [1.807, 2.05) is 30.3 Å². The summed E-state index contributed by atoms with van der Waals surface area (Å²) in [6.07, 6.45) is 0.0177. The Hall–Kier alpha value is -3.22. The summed E-state index contributed by atoms with van der Waals surface area (Å²) in [5.74, 6) is -2.70. The van der Waals surface area contributed by atoms with Crippen molar-refractivity contribution in [2.75, 3.05) is 13.2 Å². The van der Waals surface area contributed by atoms with Crippen molar-refractivity contribution in [1.82, 2.24) is 5.32 Å². The van der Waals surface area contributed by atoms with Gasteiger partial charge in [-0.25, -0.2) is 9.18 Å². The molecule has 0 aliphatic rings. The molecule has 0 saturated heterocycles. The highest BCUT2D eigenvalue weighted by atomic mass is 19.1. The summed E-state index contributed by atoms with van der Waals surface area (Å²) >= 11 is 0. The second kappa shape index (κ2) is 11.8. The van der Waals surface area contributed by atoms with Crippen molar-refractivity contribution in [2.24, 2.45) is 0 Å². The predicted octanol–water partition coefficient (Wildman–Crippen LogP) is 3.99. The molecule has 1 N–H and O–H groups in total. The van der Waals surface area contributed by atoms with Gasteiger partial charge in [-0.15, -0.1) is 0 Å². The Balaban J connectivity index is 2.11. The molecule has 2 rings (SSSR count). The van der Waals surface area contributed by atoms with Crippen molar-refractivity contribution >= 4 is 17.8 Å². The van der Waals surface area contributed by atoms with Crippen molar-refractivity contribution in [3.8, 4) is 11.1 Å². The maximum atomic E-state index is 14.7. The van der Waals surface area contributed by atoms with E-state index in [-0.39, 0.29) is 26.1 Å². The molecule has 2 aromatic carbocycles. The van der Waals surface area contributed by atoms with Crippen LogP contribution in [0.3, 0.4) is 0 Å². The zero-order valence-corrected chi connectivity index (χ0v) is 18.0. The van der Waals surface area contributed by atoms with Crippen molar-refractivity contribution in [3.05, 3.63) is 59.9 Å². The Morgan fingerprint density at radius 3 is 2.29 bits per heavy atom. The van der Waals surface area contributed by atoms with E-state index in [1.54, 1.807) is 32.9 Å². The molecule has 166 valence electrons. The maximum absolute atomic E-state index is 14.7. The van der Waals surface area contributed by atoms with Gasteiger partial charge >= 0.3 is 11.9 Å². The third-order valence-electron chi connectivity index (χ3n) is 4.80. The van der Waals surface area contributed by atoms with Crippen LogP contribution in [0, 0.1) is 5.82 Å². The predicted molar refractivity (Wildman–Crippen MR) is 115 cm³/mol. The Labute approximate surface area is 181 Å². The van der Waals surface area contributed by atoms with Crippen molar-refractivity contribution in [1.29, 1.82) is 0 Å². The van der Waals surface area contributed by atoms with E-state index < -0.39 is 35.6 Å². The summed E-state index contributed by atoms with van der Waals surface area (Å²) in [4.78, 5) is 36.6. The van der Waals surface area contributed by atoms with Gasteiger partial charge in [0, 0.05) is 12.0 Å². The van der Waals surface area contributed by atoms with Crippen LogP contribution in [-0.4, -0.2) is 37.1 Å². The molecule has 0 spiro atoms. The highest BCUT2D eigenvalue weighted by molar-refractivity contribution is 5.88. The lowest BCUT2D eigenvalue weighted by Crippen LogP contribution is -2.43. The molecule has 2 atom stereocenters. The fraction of sp³-hybridized carbons (Fsp3) is 0.375. The minimum atomic E-state index is -0.993. The van der Waals surface area contributed by atoms with E-state index in [4.69, 9.17) is 9.47 Å². The van der Waals surface area contributed by atoms with Gasteiger partial charge in [-0.05, 0) is 44.4 Å². The topological polar surface area (TPSA) is 81.7 Å². The van der Waals surface area contributed by atoms with Gasteiger partial charge in [-0.2, -0.15) is 0 Å². The number of esters is 2. The van der Waals surface area contributed by atoms with Crippen molar-refractivity contribution in [2.45, 2.75) is 45.6 Å². The smallest absolute Gasteiger partial charge is 0.328 e. The normalized spacial score (nSPS) is 12.5. The molecule has 0 radical (unpaired) electrons. The summed E-state index contributed by atoms with van der Waals surface area (Å²) in [6, 6.07) is 12.8. The van der Waals surface area contributed by atoms with Gasteiger partial charge in [0.25, 0.3) is 0 Å². The first-order chi connectivity index (χ1) is 14.9. The number of carbonyl (C=O) groups is 3. The van der Waals surface area contributed by atoms with Crippen molar-refractivity contribution < 1.29 is 28.2 Å². The van der Waals surface area contributed by atoms with E-state index in [2.05, 4.69) is 5.32 Å². The zero-order chi connectivity index (χ0) is 22.8. The molecular weight excluding hydrogens is 401 g/mol. The van der Waals surface area contributed by atoms with Gasteiger partial charge in [0.05, 0.1) is 19.1 Å². The Kier molecular flexibility index (Phi) is 9.18. The molecule has 0 saturated carbocycles. The van der Waals surface area contributed by atoms with Crippen LogP contribution in [0.5, 0.6) is 0 Å². The molecule has 0 bridgehead atoms. The standard InChI is InChI=1S/C24H28FNO5/c1-4-30-22(27)14-13-21(24(29)31-5-2)26-23(28)16(3)18-11-12-19(20(25)15-18)17-9-7-6-8-10-17/h6-12,15-16,21H,4-5,13-14H2,1-3H3,(H,26,28)/t16?,21-/m0/s1. The molecule has 0 aromatic heterocycles. The Bertz CT molecular complexity index is 900. The molecule has 1 unspecified atom stereocenters. The average Bonchev–Trinajstić information content (AvgIpc) is 2.76. The minimum Gasteiger partial charge on any atom is -0.466 e. The van der Waals surface area contributed by atoms with E-state index in [0.717, 1.165) is 5.56 Å². The molecule has 7 heteroatoms. The number of halogens is 1. The lowest BCUT2D eigenvalue weighted by Gasteiger charge is -2.20. The fourth-order valence-corrected chi connectivity index (χ4v) is 3.09. The van der Waals surface area contributed by atoms with Crippen molar-refractivity contribution in [3.63, 3.8) is 0 Å². The average molecular weight is 429 g/mol. The van der Waals surface area contributed by atoms with Gasteiger partial charge < -0.3 is 14.8 Å². The van der Waals surface area contributed by atoms with Crippen LogP contribution < -0.4 is 5.32 Å². The van der Waals surface area contributed by atoms with Crippen LogP contribution in [0.15, 0.2) is 48.5 Å². The molecule has 2 aromatic rings. The Morgan fingerprint density at radius 1 is 1.00 bits per heavy atom. The summed E-state index contributed by atoms with van der Waals surface area (Å²) < 4.78 is 24.5. The summed E-state index contributed by atoms with van der Waals surface area (Å²) in [7, 11) is 0. The van der Waals surface area contributed by atoms with E-state index in [1.165, 1.54) is 6.07 Å². The second-order valence-electron chi connectivity index (χ2n) is 6.98. The summed E-state index contributed by atoms with van der Waals surface area (Å²) in [5.41, 5.74) is 1.66. The first kappa shape index (κ1) is 24.1. The van der Waals surface area contributed by atoms with Gasteiger partial charge in [0.2, 0.25) is 5.91 Å². The van der Waals surface area contributed by atoms with Gasteiger partial charge in [-0.1, -0.05) is 42.5 Å². The molecule has 0 aliphatic carbocycles. The number of ether oxygens (including phenoxy) is 2. The van der Waals surface area contributed by atoms with Crippen LogP contribution in [-0.2, 0) is 23.9 Å². The molecule has 0 fully saturated rings. The van der Waals surface area contributed by atoms with Crippen LogP contribution in [0.2, 0.25) is 0 Å². The van der Waals surface area contributed by atoms with Crippen LogP contribution in [0.25, 0.3) is 11.1 Å². The summed E-state index contributed by atoms with van der Waals surface area (Å²) in [6.45, 7) is 5.34.